The molecule has 0 atom stereocenters. The lowest BCUT2D eigenvalue weighted by Crippen LogP contribution is -2.36. The molecule has 0 spiro atoms. The number of nitrogens with zero attached hydrogens (tertiary/aromatic N) is 1. The number of benzene rings is 1. The molecule has 126 valence electrons. The Hall–Kier alpha value is -2.56. The first kappa shape index (κ1) is 16.3. The van der Waals surface area contributed by atoms with E-state index in [-0.39, 0.29) is 11.1 Å². The van der Waals surface area contributed by atoms with Crippen LogP contribution < -0.4 is 11.0 Å². The van der Waals surface area contributed by atoms with E-state index >= 15 is 0 Å². The van der Waals surface area contributed by atoms with Crippen LogP contribution in [-0.2, 0) is 17.6 Å². The second-order valence-corrected chi connectivity index (χ2v) is 5.98. The van der Waals surface area contributed by atoms with E-state index in [0.717, 1.165) is 42.5 Å². The van der Waals surface area contributed by atoms with Gasteiger partial charge in [0.1, 0.15) is 5.56 Å². The molecule has 0 fully saturated rings. The Morgan fingerprint density at radius 3 is 2.75 bits per heavy atom. The number of carbonyl (C=O) groups excluding carboxylic acids is 1. The average molecular weight is 326 g/mol. The highest BCUT2D eigenvalue weighted by atomic mass is 16.5. The normalized spacial score (nSPS) is 12.2. The average Bonchev–Trinajstić information content (AvgIpc) is 2.62. The van der Waals surface area contributed by atoms with E-state index in [1.54, 1.807) is 6.07 Å². The quantitative estimate of drug-likeness (QED) is 0.678. The van der Waals surface area contributed by atoms with Crippen molar-refractivity contribution >= 4 is 5.97 Å². The number of hydrogen-bond acceptors (Lipinski definition) is 4. The summed E-state index contributed by atoms with van der Waals surface area (Å²) in [5.74, 6) is -0.590. The fourth-order valence-electron chi connectivity index (χ4n) is 3.17. The minimum Gasteiger partial charge on any atom is -0.465 e. The van der Waals surface area contributed by atoms with Gasteiger partial charge in [-0.05, 0) is 36.5 Å². The molecule has 5 nitrogen and oxygen atoms in total. The molecule has 1 aromatic carbocycles. The van der Waals surface area contributed by atoms with E-state index in [1.165, 1.54) is 17.3 Å². The number of pyridine rings is 1. The second-order valence-electron chi connectivity index (χ2n) is 5.98. The van der Waals surface area contributed by atoms with Gasteiger partial charge in [0.25, 0.3) is 5.56 Å². The highest BCUT2D eigenvalue weighted by molar-refractivity contribution is 5.90. The fourth-order valence-corrected chi connectivity index (χ4v) is 3.17. The zero-order valence-corrected chi connectivity index (χ0v) is 14.1. The van der Waals surface area contributed by atoms with Crippen molar-refractivity contribution in [2.45, 2.75) is 32.6 Å². The molecule has 1 heterocycles. The van der Waals surface area contributed by atoms with Crippen molar-refractivity contribution in [2.75, 3.05) is 19.1 Å². The summed E-state index contributed by atoms with van der Waals surface area (Å²) in [5.41, 5.74) is 7.07. The van der Waals surface area contributed by atoms with Crippen molar-refractivity contribution in [3.63, 3.8) is 0 Å². The Balaban J connectivity index is 2.20. The van der Waals surface area contributed by atoms with Gasteiger partial charge >= 0.3 is 5.97 Å². The smallest absolute Gasteiger partial charge is 0.343 e. The van der Waals surface area contributed by atoms with Gasteiger partial charge in [0.05, 0.1) is 12.8 Å². The number of unbranched alkanes of at least 4 members (excludes halogenated alkanes) is 1. The third-order valence-electron chi connectivity index (χ3n) is 4.42. The van der Waals surface area contributed by atoms with Crippen molar-refractivity contribution in [1.82, 2.24) is 4.68 Å². The predicted octanol–water partition coefficient (Wildman–Crippen LogP) is 2.74. The number of esters is 1. The van der Waals surface area contributed by atoms with Gasteiger partial charge in [0.2, 0.25) is 0 Å². The Morgan fingerprint density at radius 2 is 2.00 bits per heavy atom. The van der Waals surface area contributed by atoms with Crippen LogP contribution in [0.4, 0.5) is 0 Å². The van der Waals surface area contributed by atoms with Crippen molar-refractivity contribution in [3.8, 4) is 11.3 Å². The van der Waals surface area contributed by atoms with E-state index in [2.05, 4.69) is 18.4 Å². The number of fused-ring (bicyclic) bond motifs is 3. The molecule has 24 heavy (non-hydrogen) atoms. The molecule has 1 aliphatic rings. The first-order valence-electron chi connectivity index (χ1n) is 8.36. The second kappa shape index (κ2) is 6.91. The minimum atomic E-state index is -0.590. The van der Waals surface area contributed by atoms with E-state index in [9.17, 15) is 9.59 Å². The van der Waals surface area contributed by atoms with Crippen molar-refractivity contribution in [3.05, 3.63) is 57.4 Å². The maximum absolute atomic E-state index is 12.8. The lowest BCUT2D eigenvalue weighted by Gasteiger charge is -2.25. The van der Waals surface area contributed by atoms with E-state index in [0.29, 0.717) is 6.54 Å². The molecule has 0 amide bonds. The molecule has 2 aromatic rings. The van der Waals surface area contributed by atoms with E-state index < -0.39 is 5.97 Å². The third-order valence-corrected chi connectivity index (χ3v) is 4.42. The number of rotatable bonds is 5. The summed E-state index contributed by atoms with van der Waals surface area (Å²) in [5, 5.41) is 0. The van der Waals surface area contributed by atoms with Crippen LogP contribution in [0.2, 0.25) is 0 Å². The van der Waals surface area contributed by atoms with E-state index in [4.69, 9.17) is 4.74 Å². The number of methoxy groups -OCH3 is 1. The third kappa shape index (κ3) is 2.82. The fraction of sp³-hybridized carbons (Fsp3) is 0.368. The minimum absolute atomic E-state index is 0.0830. The topological polar surface area (TPSA) is 60.3 Å². The molecule has 0 saturated carbocycles. The summed E-state index contributed by atoms with van der Waals surface area (Å²) in [7, 11) is 1.30. The van der Waals surface area contributed by atoms with Gasteiger partial charge in [0, 0.05) is 12.1 Å². The molecule has 1 aliphatic carbocycles. The maximum Gasteiger partial charge on any atom is 0.343 e. The lowest BCUT2D eigenvalue weighted by atomic mass is 9.88. The molecule has 3 rings (SSSR count). The van der Waals surface area contributed by atoms with Crippen LogP contribution in [0.1, 0.15) is 41.3 Å². The van der Waals surface area contributed by atoms with Gasteiger partial charge in [-0.25, -0.2) is 9.47 Å². The summed E-state index contributed by atoms with van der Waals surface area (Å²) in [4.78, 5) is 24.8. The van der Waals surface area contributed by atoms with Crippen LogP contribution in [0.5, 0.6) is 0 Å². The van der Waals surface area contributed by atoms with Crippen LogP contribution in [0, 0.1) is 0 Å². The molecule has 1 N–H and O–H groups in total. The Morgan fingerprint density at radius 1 is 1.25 bits per heavy atom. The van der Waals surface area contributed by atoms with Crippen molar-refractivity contribution in [1.29, 1.82) is 0 Å². The first-order chi connectivity index (χ1) is 11.7. The van der Waals surface area contributed by atoms with Gasteiger partial charge in [-0.1, -0.05) is 37.6 Å². The van der Waals surface area contributed by atoms with Gasteiger partial charge in [-0.15, -0.1) is 0 Å². The zero-order chi connectivity index (χ0) is 17.1. The standard InChI is InChI=1S/C19H22N2O3/c1-3-4-11-20-21-17-14(12-16(18(21)22)19(23)24-2)10-9-13-7-5-6-8-15(13)17/h5-8,12,20H,3-4,9-11H2,1-2H3. The number of aryl methyl sites for hydroxylation is 2. The number of ether oxygens (including phenoxy) is 1. The Labute approximate surface area is 141 Å². The number of carbonyl (C=O) groups is 1. The summed E-state index contributed by atoms with van der Waals surface area (Å²) in [6.45, 7) is 2.77. The Kier molecular flexibility index (Phi) is 4.69. The summed E-state index contributed by atoms with van der Waals surface area (Å²) in [6.07, 6.45) is 3.67. The van der Waals surface area contributed by atoms with Crippen LogP contribution in [0.15, 0.2) is 35.1 Å². The molecular formula is C19H22N2O3. The molecule has 1 aromatic heterocycles. The SMILES string of the molecule is CCCCNn1c2c(cc(C(=O)OC)c1=O)CCc1ccccc1-2. The molecular weight excluding hydrogens is 304 g/mol. The first-order valence-corrected chi connectivity index (χ1v) is 8.36. The highest BCUT2D eigenvalue weighted by Gasteiger charge is 2.24. The number of hydrogen-bond donors (Lipinski definition) is 1. The lowest BCUT2D eigenvalue weighted by molar-refractivity contribution is 0.0598. The summed E-state index contributed by atoms with van der Waals surface area (Å²) >= 11 is 0. The van der Waals surface area contributed by atoms with E-state index in [1.807, 2.05) is 18.2 Å². The highest BCUT2D eigenvalue weighted by Crippen LogP contribution is 2.32. The molecule has 0 saturated heterocycles. The molecule has 0 aliphatic heterocycles. The summed E-state index contributed by atoms with van der Waals surface area (Å²) in [6, 6.07) is 9.80. The van der Waals surface area contributed by atoms with Gasteiger partial charge in [-0.3, -0.25) is 4.79 Å². The summed E-state index contributed by atoms with van der Waals surface area (Å²) < 4.78 is 6.32. The van der Waals surface area contributed by atoms with Crippen LogP contribution in [0.3, 0.4) is 0 Å². The zero-order valence-electron chi connectivity index (χ0n) is 14.1. The number of nitrogens with one attached hydrogen (secondary N) is 1. The molecule has 0 radical (unpaired) electrons. The monoisotopic (exact) mass is 326 g/mol. The van der Waals surface area contributed by atoms with Crippen LogP contribution >= 0.6 is 0 Å². The van der Waals surface area contributed by atoms with Gasteiger partial charge < -0.3 is 10.2 Å². The van der Waals surface area contributed by atoms with Crippen LogP contribution in [-0.4, -0.2) is 24.3 Å². The number of aromatic nitrogens is 1. The van der Waals surface area contributed by atoms with Gasteiger partial charge in [-0.2, -0.15) is 0 Å². The van der Waals surface area contributed by atoms with Crippen molar-refractivity contribution < 1.29 is 9.53 Å². The molecule has 5 heteroatoms. The van der Waals surface area contributed by atoms with Gasteiger partial charge in [0.15, 0.2) is 0 Å². The molecule has 0 bridgehead atoms. The largest absolute Gasteiger partial charge is 0.465 e. The Bertz CT molecular complexity index is 824. The maximum atomic E-state index is 12.8. The van der Waals surface area contributed by atoms with Crippen molar-refractivity contribution in [2.24, 2.45) is 0 Å². The molecule has 0 unspecified atom stereocenters. The predicted molar refractivity (Wildman–Crippen MR) is 94.0 cm³/mol. The van der Waals surface area contributed by atoms with Crippen LogP contribution in [0.25, 0.3) is 11.3 Å².